The van der Waals surface area contributed by atoms with Gasteiger partial charge in [-0.1, -0.05) is 24.3 Å². The Balaban J connectivity index is 2.33. The summed E-state index contributed by atoms with van der Waals surface area (Å²) in [5.74, 6) is -0.298. The molecule has 4 heteroatoms. The van der Waals surface area contributed by atoms with Crippen LogP contribution in [0, 0.1) is 13.8 Å². The van der Waals surface area contributed by atoms with E-state index in [1.54, 1.807) is 24.3 Å². The summed E-state index contributed by atoms with van der Waals surface area (Å²) in [6.45, 7) is 3.88. The molecule has 0 saturated carbocycles. The highest BCUT2D eigenvalue weighted by molar-refractivity contribution is 6.08. The second kappa shape index (κ2) is 5.95. The third-order valence-corrected chi connectivity index (χ3v) is 2.96. The van der Waals surface area contributed by atoms with Gasteiger partial charge in [-0.3, -0.25) is 4.79 Å². The van der Waals surface area contributed by atoms with Crippen molar-refractivity contribution < 1.29 is 9.59 Å². The minimum atomic E-state index is -0.298. The Morgan fingerprint density at radius 3 is 2.65 bits per heavy atom. The SMILES string of the molecule is Cc1ccc(C)c(NC(=O)c2ccccc2N=C=O)c1. The largest absolute Gasteiger partial charge is 0.322 e. The fourth-order valence-electron chi connectivity index (χ4n) is 1.87. The number of para-hydroxylation sites is 1. The van der Waals surface area contributed by atoms with Crippen molar-refractivity contribution in [2.75, 3.05) is 5.32 Å². The van der Waals surface area contributed by atoms with E-state index in [0.717, 1.165) is 16.8 Å². The molecule has 100 valence electrons. The first-order valence-electron chi connectivity index (χ1n) is 6.17. The number of hydrogen-bond donors (Lipinski definition) is 1. The Kier molecular flexibility index (Phi) is 4.08. The lowest BCUT2D eigenvalue weighted by Gasteiger charge is -2.10. The van der Waals surface area contributed by atoms with E-state index in [-0.39, 0.29) is 5.91 Å². The molecule has 0 bridgehead atoms. The van der Waals surface area contributed by atoms with Crippen LogP contribution in [0.3, 0.4) is 0 Å². The van der Waals surface area contributed by atoms with E-state index in [2.05, 4.69) is 10.3 Å². The molecule has 0 atom stereocenters. The monoisotopic (exact) mass is 266 g/mol. The summed E-state index contributed by atoms with van der Waals surface area (Å²) in [4.78, 5) is 26.2. The second-order valence-electron chi connectivity index (χ2n) is 4.49. The average Bonchev–Trinajstić information content (AvgIpc) is 2.44. The second-order valence-corrected chi connectivity index (χ2v) is 4.49. The number of carbonyl (C=O) groups excluding carboxylic acids is 2. The summed E-state index contributed by atoms with van der Waals surface area (Å²) in [7, 11) is 0. The van der Waals surface area contributed by atoms with Crippen molar-refractivity contribution >= 4 is 23.4 Å². The van der Waals surface area contributed by atoms with Gasteiger partial charge in [0.15, 0.2) is 0 Å². The van der Waals surface area contributed by atoms with Gasteiger partial charge in [0.05, 0.1) is 11.3 Å². The van der Waals surface area contributed by atoms with Crippen molar-refractivity contribution in [3.8, 4) is 0 Å². The lowest BCUT2D eigenvalue weighted by Crippen LogP contribution is -2.13. The number of nitrogens with zero attached hydrogens (tertiary/aromatic N) is 1. The molecular formula is C16H14N2O2. The normalized spacial score (nSPS) is 9.70. The molecule has 0 unspecified atom stereocenters. The molecule has 0 aliphatic heterocycles. The number of hydrogen-bond acceptors (Lipinski definition) is 3. The van der Waals surface area contributed by atoms with Gasteiger partial charge in [-0.25, -0.2) is 4.79 Å². The van der Waals surface area contributed by atoms with E-state index in [1.807, 2.05) is 32.0 Å². The van der Waals surface area contributed by atoms with Crippen molar-refractivity contribution in [3.05, 3.63) is 59.2 Å². The van der Waals surface area contributed by atoms with Crippen LogP contribution in [0.2, 0.25) is 0 Å². The van der Waals surface area contributed by atoms with Crippen molar-refractivity contribution in [2.24, 2.45) is 4.99 Å². The number of aryl methyl sites for hydroxylation is 2. The molecule has 2 aromatic carbocycles. The highest BCUT2D eigenvalue weighted by Crippen LogP contribution is 2.21. The standard InChI is InChI=1S/C16H14N2O2/c1-11-7-8-12(2)15(9-11)18-16(20)13-5-3-4-6-14(13)17-10-19/h3-9H,1-2H3,(H,18,20). The van der Waals surface area contributed by atoms with E-state index in [0.29, 0.717) is 11.3 Å². The van der Waals surface area contributed by atoms with Gasteiger partial charge in [-0.15, -0.1) is 0 Å². The third-order valence-electron chi connectivity index (χ3n) is 2.96. The van der Waals surface area contributed by atoms with E-state index >= 15 is 0 Å². The van der Waals surface area contributed by atoms with Gasteiger partial charge in [0.2, 0.25) is 6.08 Å². The molecule has 0 spiro atoms. The molecule has 0 aliphatic carbocycles. The van der Waals surface area contributed by atoms with Crippen molar-refractivity contribution in [1.82, 2.24) is 0 Å². The summed E-state index contributed by atoms with van der Waals surface area (Å²) in [5, 5.41) is 2.84. The minimum Gasteiger partial charge on any atom is -0.322 e. The zero-order valence-corrected chi connectivity index (χ0v) is 11.3. The van der Waals surface area contributed by atoms with Crippen LogP contribution in [-0.4, -0.2) is 12.0 Å². The number of aliphatic imine (C=N–C) groups is 1. The predicted octanol–water partition coefficient (Wildman–Crippen LogP) is 3.52. The van der Waals surface area contributed by atoms with Gasteiger partial charge in [0, 0.05) is 5.69 Å². The first kappa shape index (κ1) is 13.7. The number of carbonyl (C=O) groups is 1. The molecule has 0 radical (unpaired) electrons. The Morgan fingerprint density at radius 2 is 1.90 bits per heavy atom. The molecule has 2 rings (SSSR count). The molecule has 2 aromatic rings. The van der Waals surface area contributed by atoms with Crippen LogP contribution in [0.1, 0.15) is 21.5 Å². The lowest BCUT2D eigenvalue weighted by atomic mass is 10.1. The molecule has 1 N–H and O–H groups in total. The fourth-order valence-corrected chi connectivity index (χ4v) is 1.87. The van der Waals surface area contributed by atoms with Crippen LogP contribution >= 0.6 is 0 Å². The number of benzene rings is 2. The van der Waals surface area contributed by atoms with Gasteiger partial charge in [-0.05, 0) is 43.2 Å². The summed E-state index contributed by atoms with van der Waals surface area (Å²) in [6.07, 6.45) is 1.46. The molecule has 4 nitrogen and oxygen atoms in total. The van der Waals surface area contributed by atoms with Crippen molar-refractivity contribution in [1.29, 1.82) is 0 Å². The maximum atomic E-state index is 12.3. The van der Waals surface area contributed by atoms with Gasteiger partial charge < -0.3 is 5.32 Å². The van der Waals surface area contributed by atoms with Gasteiger partial charge in [0.25, 0.3) is 5.91 Å². The molecule has 1 amide bonds. The number of isocyanates is 1. The third kappa shape index (κ3) is 2.99. The van der Waals surface area contributed by atoms with E-state index < -0.39 is 0 Å². The van der Waals surface area contributed by atoms with Crippen LogP contribution < -0.4 is 5.32 Å². The van der Waals surface area contributed by atoms with E-state index in [1.165, 1.54) is 6.08 Å². The summed E-state index contributed by atoms with van der Waals surface area (Å²) >= 11 is 0. The predicted molar refractivity (Wildman–Crippen MR) is 78.1 cm³/mol. The van der Waals surface area contributed by atoms with E-state index in [9.17, 15) is 9.59 Å². The number of amides is 1. The van der Waals surface area contributed by atoms with Crippen LogP contribution in [-0.2, 0) is 4.79 Å². The van der Waals surface area contributed by atoms with Gasteiger partial charge >= 0.3 is 0 Å². The molecule has 0 aliphatic rings. The van der Waals surface area contributed by atoms with Crippen LogP contribution in [0.15, 0.2) is 47.5 Å². The molecule has 20 heavy (non-hydrogen) atoms. The van der Waals surface area contributed by atoms with Crippen molar-refractivity contribution in [2.45, 2.75) is 13.8 Å². The molecular weight excluding hydrogens is 252 g/mol. The number of nitrogens with one attached hydrogen (secondary N) is 1. The Labute approximate surface area is 117 Å². The Hall–Kier alpha value is -2.71. The molecule has 0 saturated heterocycles. The fraction of sp³-hybridized carbons (Fsp3) is 0.125. The number of rotatable bonds is 3. The van der Waals surface area contributed by atoms with Crippen LogP contribution in [0.5, 0.6) is 0 Å². The molecule has 0 heterocycles. The summed E-state index contributed by atoms with van der Waals surface area (Å²) in [5.41, 5.74) is 3.44. The minimum absolute atomic E-state index is 0.298. The smallest absolute Gasteiger partial charge is 0.257 e. The first-order valence-corrected chi connectivity index (χ1v) is 6.17. The first-order chi connectivity index (χ1) is 9.61. The Bertz CT molecular complexity index is 701. The quantitative estimate of drug-likeness (QED) is 0.682. The van der Waals surface area contributed by atoms with Crippen molar-refractivity contribution in [3.63, 3.8) is 0 Å². The summed E-state index contributed by atoms with van der Waals surface area (Å²) in [6, 6.07) is 12.5. The maximum Gasteiger partial charge on any atom is 0.257 e. The highest BCUT2D eigenvalue weighted by Gasteiger charge is 2.11. The Morgan fingerprint density at radius 1 is 1.15 bits per heavy atom. The average molecular weight is 266 g/mol. The summed E-state index contributed by atoms with van der Waals surface area (Å²) < 4.78 is 0. The lowest BCUT2D eigenvalue weighted by molar-refractivity contribution is 0.102. The highest BCUT2D eigenvalue weighted by atomic mass is 16.1. The zero-order chi connectivity index (χ0) is 14.5. The number of anilines is 1. The van der Waals surface area contributed by atoms with Gasteiger partial charge in [0.1, 0.15) is 0 Å². The molecule has 0 fully saturated rings. The van der Waals surface area contributed by atoms with Crippen LogP contribution in [0.4, 0.5) is 11.4 Å². The van der Waals surface area contributed by atoms with Crippen LogP contribution in [0.25, 0.3) is 0 Å². The maximum absolute atomic E-state index is 12.3. The van der Waals surface area contributed by atoms with E-state index in [4.69, 9.17) is 0 Å². The molecule has 0 aromatic heterocycles. The zero-order valence-electron chi connectivity index (χ0n) is 11.3. The topological polar surface area (TPSA) is 58.5 Å². The van der Waals surface area contributed by atoms with Gasteiger partial charge in [-0.2, -0.15) is 4.99 Å².